The molecule has 0 saturated carbocycles. The molecule has 0 amide bonds. The van der Waals surface area contributed by atoms with Gasteiger partial charge in [-0.05, 0) is 18.2 Å². The Labute approximate surface area is 125 Å². The normalized spacial score (nSPS) is 23.7. The molecule has 106 valence electrons. The lowest BCUT2D eigenvalue weighted by Gasteiger charge is -2.37. The quantitative estimate of drug-likeness (QED) is 0.911. The van der Waals surface area contributed by atoms with Crippen LogP contribution in [-0.2, 0) is 6.54 Å². The number of hydrogen-bond acceptors (Lipinski definition) is 3. The first-order valence-corrected chi connectivity index (χ1v) is 8.32. The molecule has 1 heterocycles. The Morgan fingerprint density at radius 2 is 2.00 bits per heavy atom. The van der Waals surface area contributed by atoms with Gasteiger partial charge in [-0.3, -0.25) is 0 Å². The molecule has 1 N–H and O–H groups in total. The molecule has 2 nitrogen and oxygen atoms in total. The lowest BCUT2D eigenvalue weighted by atomic mass is 10.1. The van der Waals surface area contributed by atoms with Crippen molar-refractivity contribution in [2.45, 2.75) is 37.8 Å². The summed E-state index contributed by atoms with van der Waals surface area (Å²) in [7, 11) is 0. The van der Waals surface area contributed by atoms with E-state index in [0.29, 0.717) is 10.5 Å². The van der Waals surface area contributed by atoms with Gasteiger partial charge in [0.25, 0.3) is 0 Å². The largest absolute Gasteiger partial charge is 0.368 e. The second kappa shape index (κ2) is 6.87. The van der Waals surface area contributed by atoms with Gasteiger partial charge in [-0.15, -0.1) is 0 Å². The van der Waals surface area contributed by atoms with Crippen LogP contribution in [0.3, 0.4) is 0 Å². The lowest BCUT2D eigenvalue weighted by Crippen LogP contribution is -2.41. The fraction of sp³-hybridized carbons (Fsp3) is 0.600. The fourth-order valence-corrected chi connectivity index (χ4v) is 4.32. The first-order chi connectivity index (χ1) is 9.11. The van der Waals surface area contributed by atoms with Crippen molar-refractivity contribution in [2.24, 2.45) is 0 Å². The van der Waals surface area contributed by atoms with E-state index in [9.17, 15) is 0 Å². The lowest BCUT2D eigenvalue weighted by molar-refractivity contribution is 0.700. The summed E-state index contributed by atoms with van der Waals surface area (Å²) in [4.78, 5) is 2.46. The van der Waals surface area contributed by atoms with Crippen LogP contribution < -0.4 is 10.2 Å². The molecule has 0 aromatic heterocycles. The van der Waals surface area contributed by atoms with Gasteiger partial charge < -0.3 is 10.2 Å². The maximum Gasteiger partial charge on any atom is 0.0642 e. The molecule has 4 heteroatoms. The third kappa shape index (κ3) is 3.80. The standard InChI is InChI=1S/C15H23ClN2S/c1-4-17-8-13-6-5-7-14(16)15(13)18-9-11(2)19-12(3)10-18/h5-7,11-12,17H,4,8-10H2,1-3H3. The van der Waals surface area contributed by atoms with E-state index in [1.807, 2.05) is 12.1 Å². The van der Waals surface area contributed by atoms with Gasteiger partial charge in [0, 0.05) is 30.1 Å². The summed E-state index contributed by atoms with van der Waals surface area (Å²) in [5.41, 5.74) is 2.53. The first kappa shape index (κ1) is 15.0. The van der Waals surface area contributed by atoms with E-state index < -0.39 is 0 Å². The van der Waals surface area contributed by atoms with Gasteiger partial charge in [0.05, 0.1) is 10.7 Å². The molecule has 2 atom stereocenters. The molecule has 0 spiro atoms. The van der Waals surface area contributed by atoms with Crippen LogP contribution in [0, 0.1) is 0 Å². The second-order valence-corrected chi connectivity index (χ2v) is 7.48. The van der Waals surface area contributed by atoms with Crippen molar-refractivity contribution in [3.63, 3.8) is 0 Å². The Morgan fingerprint density at radius 3 is 2.63 bits per heavy atom. The average Bonchev–Trinajstić information content (AvgIpc) is 2.35. The summed E-state index contributed by atoms with van der Waals surface area (Å²) in [6.07, 6.45) is 0. The predicted molar refractivity (Wildman–Crippen MR) is 87.6 cm³/mol. The summed E-state index contributed by atoms with van der Waals surface area (Å²) in [6.45, 7) is 10.8. The van der Waals surface area contributed by atoms with Crippen molar-refractivity contribution < 1.29 is 0 Å². The van der Waals surface area contributed by atoms with Crippen LogP contribution in [0.1, 0.15) is 26.3 Å². The number of benzene rings is 1. The van der Waals surface area contributed by atoms with E-state index >= 15 is 0 Å². The molecule has 0 aliphatic carbocycles. The van der Waals surface area contributed by atoms with E-state index in [1.54, 1.807) is 0 Å². The monoisotopic (exact) mass is 298 g/mol. The van der Waals surface area contributed by atoms with E-state index in [1.165, 1.54) is 11.3 Å². The molecule has 0 bridgehead atoms. The summed E-state index contributed by atoms with van der Waals surface area (Å²) in [5, 5.41) is 5.60. The highest BCUT2D eigenvalue weighted by atomic mass is 35.5. The smallest absolute Gasteiger partial charge is 0.0642 e. The number of para-hydroxylation sites is 1. The van der Waals surface area contributed by atoms with Crippen LogP contribution in [0.4, 0.5) is 5.69 Å². The van der Waals surface area contributed by atoms with E-state index in [0.717, 1.165) is 31.2 Å². The Morgan fingerprint density at radius 1 is 1.32 bits per heavy atom. The highest BCUT2D eigenvalue weighted by Crippen LogP contribution is 2.35. The van der Waals surface area contributed by atoms with Crippen LogP contribution in [0.5, 0.6) is 0 Å². The maximum atomic E-state index is 6.46. The van der Waals surface area contributed by atoms with Crippen LogP contribution in [0.15, 0.2) is 18.2 Å². The zero-order chi connectivity index (χ0) is 13.8. The third-order valence-electron chi connectivity index (χ3n) is 3.37. The number of hydrogen-bond donors (Lipinski definition) is 1. The number of halogens is 1. The van der Waals surface area contributed by atoms with Crippen molar-refractivity contribution in [3.8, 4) is 0 Å². The second-order valence-electron chi connectivity index (χ2n) is 5.19. The van der Waals surface area contributed by atoms with Gasteiger partial charge in [0.2, 0.25) is 0 Å². The van der Waals surface area contributed by atoms with Gasteiger partial charge >= 0.3 is 0 Å². The van der Waals surface area contributed by atoms with Gasteiger partial charge in [-0.25, -0.2) is 0 Å². The topological polar surface area (TPSA) is 15.3 Å². The predicted octanol–water partition coefficient (Wildman–Crippen LogP) is 3.78. The summed E-state index contributed by atoms with van der Waals surface area (Å²) in [5.74, 6) is 0. The zero-order valence-corrected chi connectivity index (χ0v) is 13.5. The van der Waals surface area contributed by atoms with Gasteiger partial charge in [-0.1, -0.05) is 44.5 Å². The van der Waals surface area contributed by atoms with E-state index in [2.05, 4.69) is 48.8 Å². The van der Waals surface area contributed by atoms with Gasteiger partial charge in [0.15, 0.2) is 0 Å². The highest BCUT2D eigenvalue weighted by Gasteiger charge is 2.25. The van der Waals surface area contributed by atoms with Crippen LogP contribution in [0.25, 0.3) is 0 Å². The third-order valence-corrected chi connectivity index (χ3v) is 4.90. The average molecular weight is 299 g/mol. The molecule has 1 aliphatic heterocycles. The number of thioether (sulfide) groups is 1. The Bertz CT molecular complexity index is 415. The molecule has 1 saturated heterocycles. The zero-order valence-electron chi connectivity index (χ0n) is 11.9. The first-order valence-electron chi connectivity index (χ1n) is 7.00. The van der Waals surface area contributed by atoms with E-state index in [4.69, 9.17) is 11.6 Å². The molecule has 19 heavy (non-hydrogen) atoms. The molecule has 1 aromatic rings. The number of nitrogens with one attached hydrogen (secondary N) is 1. The van der Waals surface area contributed by atoms with E-state index in [-0.39, 0.29) is 0 Å². The Kier molecular flexibility index (Phi) is 5.43. The summed E-state index contributed by atoms with van der Waals surface area (Å²) in [6, 6.07) is 6.23. The van der Waals surface area contributed by atoms with Crippen molar-refractivity contribution >= 4 is 29.1 Å². The molecule has 0 radical (unpaired) electrons. The SMILES string of the molecule is CCNCc1cccc(Cl)c1N1CC(C)SC(C)C1. The van der Waals surface area contributed by atoms with Crippen LogP contribution in [-0.4, -0.2) is 30.1 Å². The minimum atomic E-state index is 0.659. The molecular weight excluding hydrogens is 276 g/mol. The van der Waals surface area contributed by atoms with Gasteiger partial charge in [-0.2, -0.15) is 11.8 Å². The Balaban J connectivity index is 2.26. The fourth-order valence-electron chi connectivity index (χ4n) is 2.68. The molecule has 2 rings (SSSR count). The number of rotatable bonds is 4. The molecular formula is C15H23ClN2S. The van der Waals surface area contributed by atoms with Crippen molar-refractivity contribution in [3.05, 3.63) is 28.8 Å². The molecule has 1 aromatic carbocycles. The summed E-state index contributed by atoms with van der Waals surface area (Å²) < 4.78 is 0. The Hall–Kier alpha value is -0.380. The molecule has 2 unspecified atom stereocenters. The number of anilines is 1. The maximum absolute atomic E-state index is 6.46. The number of nitrogens with zero attached hydrogens (tertiary/aromatic N) is 1. The van der Waals surface area contributed by atoms with Crippen molar-refractivity contribution in [1.82, 2.24) is 5.32 Å². The summed E-state index contributed by atoms with van der Waals surface area (Å²) >= 11 is 8.53. The molecule has 1 aliphatic rings. The van der Waals surface area contributed by atoms with Crippen molar-refractivity contribution in [2.75, 3.05) is 24.5 Å². The van der Waals surface area contributed by atoms with Crippen LogP contribution in [0.2, 0.25) is 5.02 Å². The van der Waals surface area contributed by atoms with Gasteiger partial charge in [0.1, 0.15) is 0 Å². The minimum Gasteiger partial charge on any atom is -0.368 e. The molecule has 1 fully saturated rings. The van der Waals surface area contributed by atoms with Crippen LogP contribution >= 0.6 is 23.4 Å². The van der Waals surface area contributed by atoms with Crippen molar-refractivity contribution in [1.29, 1.82) is 0 Å². The minimum absolute atomic E-state index is 0.659. The highest BCUT2D eigenvalue weighted by molar-refractivity contribution is 8.00.